The van der Waals surface area contributed by atoms with Crippen LogP contribution in [0.1, 0.15) is 40.5 Å². The van der Waals surface area contributed by atoms with E-state index in [4.69, 9.17) is 5.11 Å². The Kier molecular flexibility index (Phi) is 3.82. The number of aliphatic hydroxyl groups is 1. The quantitative estimate of drug-likeness (QED) is 0.702. The van der Waals surface area contributed by atoms with Crippen LogP contribution < -0.4 is 0 Å². The summed E-state index contributed by atoms with van der Waals surface area (Å²) in [5, 5.41) is 18.8. The van der Waals surface area contributed by atoms with Crippen LogP contribution in [0.2, 0.25) is 0 Å². The van der Waals surface area contributed by atoms with Gasteiger partial charge in [0.2, 0.25) is 0 Å². The van der Waals surface area contributed by atoms with Crippen LogP contribution in [0.15, 0.2) is 0 Å². The van der Waals surface area contributed by atoms with Gasteiger partial charge in [0.15, 0.2) is 5.78 Å². The Balaban J connectivity index is 4.94. The van der Waals surface area contributed by atoms with Crippen molar-refractivity contribution < 1.29 is 19.8 Å². The van der Waals surface area contributed by atoms with Crippen LogP contribution >= 0.6 is 0 Å². The Morgan fingerprint density at radius 1 is 1.21 bits per heavy atom. The molecule has 1 atom stereocenters. The lowest BCUT2D eigenvalue weighted by atomic mass is 9.72. The van der Waals surface area contributed by atoms with Crippen LogP contribution in [-0.4, -0.2) is 27.6 Å². The number of hydrogen-bond acceptors (Lipinski definition) is 3. The van der Waals surface area contributed by atoms with Gasteiger partial charge in [0.1, 0.15) is 5.60 Å². The molecule has 0 radical (unpaired) electrons. The van der Waals surface area contributed by atoms with Gasteiger partial charge >= 0.3 is 5.97 Å². The molecule has 0 heterocycles. The van der Waals surface area contributed by atoms with E-state index in [0.29, 0.717) is 6.42 Å². The number of carboxylic acids is 1. The fourth-order valence-electron chi connectivity index (χ4n) is 1.03. The number of rotatable bonds is 5. The third-order valence-corrected chi connectivity index (χ3v) is 2.77. The molecule has 0 spiro atoms. The highest BCUT2D eigenvalue weighted by Crippen LogP contribution is 2.32. The highest BCUT2D eigenvalue weighted by atomic mass is 16.4. The van der Waals surface area contributed by atoms with E-state index in [2.05, 4.69) is 0 Å². The Morgan fingerprint density at radius 3 is 1.93 bits per heavy atom. The molecule has 0 aromatic rings. The molecule has 4 heteroatoms. The average molecular weight is 202 g/mol. The monoisotopic (exact) mass is 202 g/mol. The number of aliphatic carboxylic acids is 1. The zero-order valence-electron chi connectivity index (χ0n) is 9.13. The largest absolute Gasteiger partial charge is 0.481 e. The van der Waals surface area contributed by atoms with E-state index in [1.807, 2.05) is 6.92 Å². The number of carbonyl (C=O) groups excluding carboxylic acids is 1. The minimum atomic E-state index is -1.81. The fraction of sp³-hybridized carbons (Fsp3) is 0.800. The van der Waals surface area contributed by atoms with Gasteiger partial charge in [0.25, 0.3) is 0 Å². The van der Waals surface area contributed by atoms with Crippen molar-refractivity contribution >= 4 is 11.8 Å². The first-order valence-corrected chi connectivity index (χ1v) is 4.67. The average Bonchev–Trinajstić information content (AvgIpc) is 2.04. The van der Waals surface area contributed by atoms with Gasteiger partial charge in [-0.3, -0.25) is 9.59 Å². The molecule has 14 heavy (non-hydrogen) atoms. The number of carboxylic acid groups (broad SMARTS) is 1. The molecule has 0 saturated heterocycles. The van der Waals surface area contributed by atoms with Gasteiger partial charge in [-0.2, -0.15) is 0 Å². The van der Waals surface area contributed by atoms with E-state index in [1.54, 1.807) is 0 Å². The van der Waals surface area contributed by atoms with E-state index in [1.165, 1.54) is 20.8 Å². The number of hydrogen-bond donors (Lipinski definition) is 2. The van der Waals surface area contributed by atoms with E-state index >= 15 is 0 Å². The third kappa shape index (κ3) is 2.12. The second-order valence-corrected chi connectivity index (χ2v) is 4.18. The first kappa shape index (κ1) is 13.1. The smallest absolute Gasteiger partial charge is 0.312 e. The van der Waals surface area contributed by atoms with Crippen LogP contribution in [0.5, 0.6) is 0 Å². The number of carbonyl (C=O) groups is 2. The predicted octanol–water partition coefficient (Wildman–Crippen LogP) is 1.22. The van der Waals surface area contributed by atoms with E-state index in [0.717, 1.165) is 0 Å². The molecule has 0 bridgehead atoms. The minimum Gasteiger partial charge on any atom is -0.481 e. The van der Waals surface area contributed by atoms with Gasteiger partial charge < -0.3 is 10.2 Å². The van der Waals surface area contributed by atoms with Gasteiger partial charge in [-0.1, -0.05) is 6.92 Å². The lowest BCUT2D eigenvalue weighted by molar-refractivity contribution is -0.170. The normalized spacial score (nSPS) is 16.1. The van der Waals surface area contributed by atoms with E-state index in [-0.39, 0.29) is 6.42 Å². The summed E-state index contributed by atoms with van der Waals surface area (Å²) in [6, 6.07) is 0. The molecule has 82 valence electrons. The molecular formula is C10H18O4. The zero-order valence-corrected chi connectivity index (χ0v) is 9.13. The van der Waals surface area contributed by atoms with E-state index < -0.39 is 22.8 Å². The number of ketones is 1. The van der Waals surface area contributed by atoms with Crippen molar-refractivity contribution in [3.63, 3.8) is 0 Å². The summed E-state index contributed by atoms with van der Waals surface area (Å²) in [5.41, 5.74) is -3.27. The standard InChI is InChI=1S/C10H18O4/c1-5-6-7(11)10(4,14)9(2,3)8(12)13/h14H,5-6H2,1-4H3,(H,12,13). The molecule has 2 N–H and O–H groups in total. The highest BCUT2D eigenvalue weighted by molar-refractivity contribution is 5.93. The van der Waals surface area contributed by atoms with Gasteiger partial charge in [0.05, 0.1) is 5.41 Å². The van der Waals surface area contributed by atoms with Crippen molar-refractivity contribution in [2.45, 2.75) is 46.1 Å². The molecular weight excluding hydrogens is 184 g/mol. The van der Waals surface area contributed by atoms with Crippen molar-refractivity contribution in [3.8, 4) is 0 Å². The topological polar surface area (TPSA) is 74.6 Å². The Bertz CT molecular complexity index is 241. The molecule has 0 aliphatic rings. The van der Waals surface area contributed by atoms with Crippen LogP contribution in [-0.2, 0) is 9.59 Å². The molecule has 0 aliphatic heterocycles. The maximum Gasteiger partial charge on any atom is 0.312 e. The molecule has 0 saturated carbocycles. The summed E-state index contributed by atoms with van der Waals surface area (Å²) in [4.78, 5) is 22.4. The molecule has 0 aliphatic carbocycles. The van der Waals surface area contributed by atoms with Crippen LogP contribution in [0, 0.1) is 5.41 Å². The Hall–Kier alpha value is -0.900. The van der Waals surface area contributed by atoms with Crippen molar-refractivity contribution in [2.75, 3.05) is 0 Å². The van der Waals surface area contributed by atoms with Gasteiger partial charge in [-0.25, -0.2) is 0 Å². The van der Waals surface area contributed by atoms with Crippen LogP contribution in [0.4, 0.5) is 0 Å². The lowest BCUT2D eigenvalue weighted by Gasteiger charge is -2.34. The van der Waals surface area contributed by atoms with Crippen LogP contribution in [0.3, 0.4) is 0 Å². The molecule has 0 rings (SSSR count). The fourth-order valence-corrected chi connectivity index (χ4v) is 1.03. The predicted molar refractivity (Wildman–Crippen MR) is 52.0 cm³/mol. The first-order valence-electron chi connectivity index (χ1n) is 4.67. The second-order valence-electron chi connectivity index (χ2n) is 4.18. The van der Waals surface area contributed by atoms with E-state index in [9.17, 15) is 14.7 Å². The molecule has 0 aromatic heterocycles. The zero-order chi connectivity index (χ0) is 11.6. The summed E-state index contributed by atoms with van der Waals surface area (Å²) in [5.74, 6) is -1.60. The summed E-state index contributed by atoms with van der Waals surface area (Å²) in [6.45, 7) is 5.77. The summed E-state index contributed by atoms with van der Waals surface area (Å²) < 4.78 is 0. The minimum absolute atomic E-state index is 0.198. The maximum atomic E-state index is 11.5. The molecule has 0 fully saturated rings. The van der Waals surface area contributed by atoms with Crippen LogP contribution in [0.25, 0.3) is 0 Å². The molecule has 0 aromatic carbocycles. The summed E-state index contributed by atoms with van der Waals surface area (Å²) in [6.07, 6.45) is 0.800. The number of Topliss-reactive ketones (excluding diaryl/α,β-unsaturated/α-hetero) is 1. The van der Waals surface area contributed by atoms with Crippen molar-refractivity contribution in [3.05, 3.63) is 0 Å². The van der Waals surface area contributed by atoms with Crippen molar-refractivity contribution in [1.82, 2.24) is 0 Å². The lowest BCUT2D eigenvalue weighted by Crippen LogP contribution is -2.52. The van der Waals surface area contributed by atoms with Gasteiger partial charge in [-0.05, 0) is 27.2 Å². The molecule has 0 amide bonds. The summed E-state index contributed by atoms with van der Waals surface area (Å²) >= 11 is 0. The first-order chi connectivity index (χ1) is 6.17. The Morgan fingerprint density at radius 2 is 1.64 bits per heavy atom. The Labute approximate surface area is 83.9 Å². The SMILES string of the molecule is CCCC(=O)C(C)(O)C(C)(C)C(=O)O. The van der Waals surface area contributed by atoms with Crippen molar-refractivity contribution in [2.24, 2.45) is 5.41 Å². The summed E-state index contributed by atoms with van der Waals surface area (Å²) in [7, 11) is 0. The van der Waals surface area contributed by atoms with Gasteiger partial charge in [0, 0.05) is 6.42 Å². The molecule has 4 nitrogen and oxygen atoms in total. The maximum absolute atomic E-state index is 11.5. The van der Waals surface area contributed by atoms with Gasteiger partial charge in [-0.15, -0.1) is 0 Å². The van der Waals surface area contributed by atoms with Crippen molar-refractivity contribution in [1.29, 1.82) is 0 Å². The highest BCUT2D eigenvalue weighted by Gasteiger charge is 2.49. The third-order valence-electron chi connectivity index (χ3n) is 2.77. The second kappa shape index (κ2) is 4.09. The molecule has 1 unspecified atom stereocenters.